The summed E-state index contributed by atoms with van der Waals surface area (Å²) in [5.74, 6) is 0.240. The van der Waals surface area contributed by atoms with E-state index in [0.29, 0.717) is 5.92 Å². The highest BCUT2D eigenvalue weighted by molar-refractivity contribution is 5.71. The second kappa shape index (κ2) is 3.97. The molecule has 2 saturated carbocycles. The number of esters is 1. The number of fused-ring (bicyclic) bond motifs is 2. The van der Waals surface area contributed by atoms with Crippen LogP contribution in [0.4, 0.5) is 0 Å². The van der Waals surface area contributed by atoms with Crippen LogP contribution in [0.3, 0.4) is 0 Å². The lowest BCUT2D eigenvalue weighted by molar-refractivity contribution is -0.168. The SMILES string of the molecule is CC(C)(C)OC(=O)C[C@@]1(O)C[C@H]2CC[C@]1(C)C2(C)C. The van der Waals surface area contributed by atoms with E-state index in [4.69, 9.17) is 4.74 Å². The summed E-state index contributed by atoms with van der Waals surface area (Å²) in [6, 6.07) is 0. The van der Waals surface area contributed by atoms with Gasteiger partial charge in [0.15, 0.2) is 0 Å². The van der Waals surface area contributed by atoms with E-state index < -0.39 is 11.2 Å². The van der Waals surface area contributed by atoms with Crippen molar-refractivity contribution in [3.8, 4) is 0 Å². The summed E-state index contributed by atoms with van der Waals surface area (Å²) < 4.78 is 5.39. The van der Waals surface area contributed by atoms with Crippen LogP contribution >= 0.6 is 0 Å². The first-order valence-electron chi connectivity index (χ1n) is 7.36. The van der Waals surface area contributed by atoms with Gasteiger partial charge in [0.25, 0.3) is 0 Å². The molecule has 1 N–H and O–H groups in total. The average Bonchev–Trinajstić information content (AvgIpc) is 2.45. The van der Waals surface area contributed by atoms with Crippen LogP contribution in [0.2, 0.25) is 0 Å². The van der Waals surface area contributed by atoms with Crippen LogP contribution in [0.15, 0.2) is 0 Å². The van der Waals surface area contributed by atoms with Gasteiger partial charge >= 0.3 is 5.97 Å². The van der Waals surface area contributed by atoms with E-state index in [9.17, 15) is 9.90 Å². The molecule has 0 heterocycles. The number of aliphatic hydroxyl groups is 1. The first-order chi connectivity index (χ1) is 8.41. The highest BCUT2D eigenvalue weighted by atomic mass is 16.6. The van der Waals surface area contributed by atoms with Crippen molar-refractivity contribution in [1.82, 2.24) is 0 Å². The molecular weight excluding hydrogens is 240 g/mol. The van der Waals surface area contributed by atoms with Crippen molar-refractivity contribution in [2.45, 2.75) is 78.4 Å². The lowest BCUT2D eigenvalue weighted by atomic mass is 9.63. The Morgan fingerprint density at radius 3 is 2.26 bits per heavy atom. The molecule has 2 rings (SSSR count). The van der Waals surface area contributed by atoms with Gasteiger partial charge in [-0.3, -0.25) is 4.79 Å². The molecule has 2 fully saturated rings. The summed E-state index contributed by atoms with van der Waals surface area (Å²) in [5, 5.41) is 11.0. The van der Waals surface area contributed by atoms with Gasteiger partial charge in [0, 0.05) is 5.41 Å². The number of ether oxygens (including phenoxy) is 1. The molecule has 0 aromatic rings. The van der Waals surface area contributed by atoms with Gasteiger partial charge in [0.2, 0.25) is 0 Å². The molecule has 19 heavy (non-hydrogen) atoms. The van der Waals surface area contributed by atoms with Crippen LogP contribution in [0, 0.1) is 16.7 Å². The number of carbonyl (C=O) groups is 1. The van der Waals surface area contributed by atoms with E-state index in [1.165, 1.54) is 6.42 Å². The van der Waals surface area contributed by atoms with Gasteiger partial charge in [-0.2, -0.15) is 0 Å². The Morgan fingerprint density at radius 1 is 1.32 bits per heavy atom. The first-order valence-corrected chi connectivity index (χ1v) is 7.36. The highest BCUT2D eigenvalue weighted by Crippen LogP contribution is 2.70. The van der Waals surface area contributed by atoms with E-state index in [2.05, 4.69) is 20.8 Å². The second-order valence-electron chi connectivity index (χ2n) is 8.29. The van der Waals surface area contributed by atoms with Gasteiger partial charge in [0.05, 0.1) is 12.0 Å². The zero-order chi connectivity index (χ0) is 14.7. The topological polar surface area (TPSA) is 46.5 Å². The van der Waals surface area contributed by atoms with Gasteiger partial charge in [-0.1, -0.05) is 20.8 Å². The molecule has 3 nitrogen and oxygen atoms in total. The monoisotopic (exact) mass is 268 g/mol. The zero-order valence-electron chi connectivity index (χ0n) is 13.2. The molecular formula is C16H28O3. The molecule has 0 aromatic heterocycles. The molecule has 3 heteroatoms. The fourth-order valence-corrected chi connectivity index (χ4v) is 4.30. The smallest absolute Gasteiger partial charge is 0.309 e. The summed E-state index contributed by atoms with van der Waals surface area (Å²) >= 11 is 0. The molecule has 2 aliphatic carbocycles. The maximum atomic E-state index is 12.1. The Balaban J connectivity index is 2.16. The van der Waals surface area contributed by atoms with Crippen LogP contribution < -0.4 is 0 Å². The molecule has 0 saturated heterocycles. The maximum absolute atomic E-state index is 12.1. The van der Waals surface area contributed by atoms with Crippen LogP contribution in [-0.4, -0.2) is 22.3 Å². The van der Waals surface area contributed by atoms with Gasteiger partial charge in [-0.25, -0.2) is 0 Å². The number of hydrogen-bond donors (Lipinski definition) is 1. The Kier molecular flexibility index (Phi) is 3.10. The highest BCUT2D eigenvalue weighted by Gasteiger charge is 2.68. The molecule has 0 unspecified atom stereocenters. The maximum Gasteiger partial charge on any atom is 0.309 e. The lowest BCUT2D eigenvalue weighted by Crippen LogP contribution is -2.49. The molecule has 0 aromatic carbocycles. The number of hydrogen-bond acceptors (Lipinski definition) is 3. The van der Waals surface area contributed by atoms with E-state index in [1.807, 2.05) is 20.8 Å². The van der Waals surface area contributed by atoms with Crippen LogP contribution in [0.5, 0.6) is 0 Å². The molecule has 110 valence electrons. The van der Waals surface area contributed by atoms with Crippen LogP contribution in [0.1, 0.15) is 67.2 Å². The van der Waals surface area contributed by atoms with Gasteiger partial charge in [-0.05, 0) is 51.4 Å². The van der Waals surface area contributed by atoms with Gasteiger partial charge in [0.1, 0.15) is 5.60 Å². The summed E-state index contributed by atoms with van der Waals surface area (Å²) in [7, 11) is 0. The fraction of sp³-hybridized carbons (Fsp3) is 0.938. The van der Waals surface area contributed by atoms with Gasteiger partial charge < -0.3 is 9.84 Å². The minimum atomic E-state index is -0.901. The third kappa shape index (κ3) is 2.10. The standard InChI is InChI=1S/C16H28O3/c1-13(2,3)19-12(17)10-16(18)9-11-7-8-15(16,6)14(11,4)5/h11,18H,7-10H2,1-6H3/t11-,15-,16+/m1/s1. The minimum Gasteiger partial charge on any atom is -0.460 e. The second-order valence-corrected chi connectivity index (χ2v) is 8.29. The number of rotatable bonds is 2. The largest absolute Gasteiger partial charge is 0.460 e. The summed E-state index contributed by atoms with van der Waals surface area (Å²) in [4.78, 5) is 12.1. The summed E-state index contributed by atoms with van der Waals surface area (Å²) in [6.45, 7) is 12.2. The fourth-order valence-electron chi connectivity index (χ4n) is 4.30. The minimum absolute atomic E-state index is 0.101. The third-order valence-electron chi connectivity index (χ3n) is 5.90. The van der Waals surface area contributed by atoms with E-state index >= 15 is 0 Å². The van der Waals surface area contributed by atoms with Crippen molar-refractivity contribution in [3.63, 3.8) is 0 Å². The quantitative estimate of drug-likeness (QED) is 0.782. The third-order valence-corrected chi connectivity index (χ3v) is 5.90. The van der Waals surface area contributed by atoms with Crippen LogP contribution in [-0.2, 0) is 9.53 Å². The van der Waals surface area contributed by atoms with Crippen molar-refractivity contribution < 1.29 is 14.6 Å². The van der Waals surface area contributed by atoms with E-state index in [0.717, 1.165) is 12.8 Å². The molecule has 0 aliphatic heterocycles. The Hall–Kier alpha value is -0.570. The van der Waals surface area contributed by atoms with E-state index in [-0.39, 0.29) is 23.2 Å². The van der Waals surface area contributed by atoms with Crippen molar-refractivity contribution >= 4 is 5.97 Å². The average molecular weight is 268 g/mol. The first kappa shape index (κ1) is 14.8. The lowest BCUT2D eigenvalue weighted by Gasteiger charge is -2.45. The Morgan fingerprint density at radius 2 is 1.89 bits per heavy atom. The zero-order valence-corrected chi connectivity index (χ0v) is 13.2. The van der Waals surface area contributed by atoms with Crippen molar-refractivity contribution in [1.29, 1.82) is 0 Å². The summed E-state index contributed by atoms with van der Waals surface area (Å²) in [6.07, 6.45) is 3.03. The van der Waals surface area contributed by atoms with Crippen molar-refractivity contribution in [2.24, 2.45) is 16.7 Å². The molecule has 0 amide bonds. The molecule has 0 spiro atoms. The normalized spacial score (nSPS) is 40.5. The Bertz CT molecular complexity index is 393. The molecule has 0 radical (unpaired) electrons. The molecule has 2 bridgehead atoms. The van der Waals surface area contributed by atoms with Crippen molar-refractivity contribution in [2.75, 3.05) is 0 Å². The van der Waals surface area contributed by atoms with Crippen molar-refractivity contribution in [3.05, 3.63) is 0 Å². The number of carbonyl (C=O) groups excluding carboxylic acids is 1. The molecule has 2 aliphatic rings. The summed E-state index contributed by atoms with van der Waals surface area (Å²) in [5.41, 5.74) is -1.46. The van der Waals surface area contributed by atoms with E-state index in [1.54, 1.807) is 0 Å². The predicted molar refractivity (Wildman–Crippen MR) is 74.6 cm³/mol. The van der Waals surface area contributed by atoms with Gasteiger partial charge in [-0.15, -0.1) is 0 Å². The van der Waals surface area contributed by atoms with Crippen LogP contribution in [0.25, 0.3) is 0 Å². The Labute approximate surface area is 116 Å². The molecule has 3 atom stereocenters. The predicted octanol–water partition coefficient (Wildman–Crippen LogP) is 3.30.